The monoisotopic (exact) mass is 724 g/mol. The van der Waals surface area contributed by atoms with Gasteiger partial charge in [0.25, 0.3) is 0 Å². The van der Waals surface area contributed by atoms with Gasteiger partial charge in [-0.2, -0.15) is 0 Å². The third kappa shape index (κ3) is 6.06. The summed E-state index contributed by atoms with van der Waals surface area (Å²) in [5, 5.41) is 3.96. The molecule has 4 aromatic heterocycles. The van der Waals surface area contributed by atoms with Crippen LogP contribution in [0.2, 0.25) is 5.02 Å². The van der Waals surface area contributed by atoms with E-state index >= 15 is 8.78 Å². The Kier molecular flexibility index (Phi) is 8.59. The lowest BCUT2D eigenvalue weighted by molar-refractivity contribution is 0.187. The number of piperidine rings is 1. The second-order valence-electron chi connectivity index (χ2n) is 13.5. The molecule has 8 rings (SSSR count). The molecule has 2 aromatic carbocycles. The van der Waals surface area contributed by atoms with E-state index in [1.54, 1.807) is 30.7 Å². The van der Waals surface area contributed by atoms with Crippen molar-refractivity contribution < 1.29 is 8.78 Å². The number of imidazole rings is 1. The molecule has 0 bridgehead atoms. The molecule has 0 amide bonds. The van der Waals surface area contributed by atoms with Gasteiger partial charge < -0.3 is 20.5 Å². The molecule has 51 heavy (non-hydrogen) atoms. The van der Waals surface area contributed by atoms with Crippen LogP contribution < -0.4 is 16.0 Å². The van der Waals surface area contributed by atoms with Crippen LogP contribution >= 0.6 is 23.4 Å². The quantitative estimate of drug-likeness (QED) is 0.166. The van der Waals surface area contributed by atoms with E-state index in [1.165, 1.54) is 29.0 Å². The minimum absolute atomic E-state index is 0.0257. The third-order valence-corrected chi connectivity index (χ3v) is 11.5. The highest BCUT2D eigenvalue weighted by Crippen LogP contribution is 2.51. The van der Waals surface area contributed by atoms with Crippen molar-refractivity contribution in [3.63, 3.8) is 0 Å². The standard InChI is InChI=1S/C37H35ClF2N10S/c1-20(2)50-21(3)46-33-25(39)14-23(15-27(33)50)32-26(40)17-45-36(47-32)48-35-31(38)28(8-11-42-35)51-30-19-43-29(18-44-30)49-12-9-37(10-13-49)16-22-6-4-5-7-24(22)34(37)41/h4-8,11,14-15,17-20,34H,9-10,12-13,16,41H2,1-3H3,(H,42,45,47,48)/t34-/m1/s1. The van der Waals surface area contributed by atoms with Gasteiger partial charge in [0.2, 0.25) is 5.95 Å². The summed E-state index contributed by atoms with van der Waals surface area (Å²) >= 11 is 8.13. The average molecular weight is 725 g/mol. The Hall–Kier alpha value is -4.72. The number of aromatic nitrogens is 7. The first kappa shape index (κ1) is 33.4. The molecule has 1 aliphatic heterocycles. The first-order valence-corrected chi connectivity index (χ1v) is 18.0. The molecular formula is C37H35ClF2N10S. The number of rotatable bonds is 7. The zero-order chi connectivity index (χ0) is 35.4. The van der Waals surface area contributed by atoms with Gasteiger partial charge in [-0.3, -0.25) is 0 Å². The van der Waals surface area contributed by atoms with Gasteiger partial charge >= 0.3 is 0 Å². The molecule has 10 nitrogen and oxygen atoms in total. The van der Waals surface area contributed by atoms with Gasteiger partial charge in [-0.25, -0.2) is 38.7 Å². The molecule has 1 fully saturated rings. The number of hydrogen-bond acceptors (Lipinski definition) is 10. The number of pyridine rings is 1. The SMILES string of the molecule is Cc1nc2c(F)cc(-c3nc(Nc4nccc(Sc5cnc(N6CCC7(CC6)Cc6ccccc6[C@H]7N)cn5)c4Cl)ncc3F)cc2n1C(C)C. The summed E-state index contributed by atoms with van der Waals surface area (Å²) in [5.74, 6) is 0.550. The predicted octanol–water partition coefficient (Wildman–Crippen LogP) is 8.24. The van der Waals surface area contributed by atoms with E-state index in [0.717, 1.165) is 44.4 Å². The second kappa shape index (κ2) is 13.1. The summed E-state index contributed by atoms with van der Waals surface area (Å²) in [6, 6.07) is 13.3. The van der Waals surface area contributed by atoms with E-state index in [4.69, 9.17) is 22.3 Å². The fraction of sp³-hybridized carbons (Fsp3) is 0.297. The highest BCUT2D eigenvalue weighted by molar-refractivity contribution is 7.99. The predicted molar refractivity (Wildman–Crippen MR) is 195 cm³/mol. The summed E-state index contributed by atoms with van der Waals surface area (Å²) < 4.78 is 32.2. The first-order valence-electron chi connectivity index (χ1n) is 16.8. The molecule has 14 heteroatoms. The Labute approximate surface area is 302 Å². The van der Waals surface area contributed by atoms with Crippen molar-refractivity contribution in [2.75, 3.05) is 23.3 Å². The maximum Gasteiger partial charge on any atom is 0.229 e. The Balaban J connectivity index is 0.964. The lowest BCUT2D eigenvalue weighted by Crippen LogP contribution is -2.44. The largest absolute Gasteiger partial charge is 0.355 e. The first-order chi connectivity index (χ1) is 24.6. The van der Waals surface area contributed by atoms with Gasteiger partial charge in [0.1, 0.15) is 27.9 Å². The van der Waals surface area contributed by atoms with Gasteiger partial charge in [0, 0.05) is 41.8 Å². The summed E-state index contributed by atoms with van der Waals surface area (Å²) in [6.07, 6.45) is 9.18. The molecule has 0 radical (unpaired) electrons. The molecule has 5 heterocycles. The normalized spacial score (nSPS) is 16.7. The van der Waals surface area contributed by atoms with Crippen molar-refractivity contribution in [1.82, 2.24) is 34.5 Å². The Morgan fingerprint density at radius 2 is 1.78 bits per heavy atom. The maximum absolute atomic E-state index is 15.2. The lowest BCUT2D eigenvalue weighted by Gasteiger charge is -2.42. The number of nitrogens with two attached hydrogens (primary N) is 1. The lowest BCUT2D eigenvalue weighted by atomic mass is 9.73. The van der Waals surface area contributed by atoms with Crippen molar-refractivity contribution >= 4 is 52.0 Å². The van der Waals surface area contributed by atoms with E-state index in [9.17, 15) is 0 Å². The Morgan fingerprint density at radius 1 is 0.980 bits per heavy atom. The topological polar surface area (TPSA) is 124 Å². The molecule has 260 valence electrons. The summed E-state index contributed by atoms with van der Waals surface area (Å²) in [7, 11) is 0. The average Bonchev–Trinajstić information content (AvgIpc) is 3.61. The summed E-state index contributed by atoms with van der Waals surface area (Å²) in [5.41, 5.74) is 10.5. The number of benzene rings is 2. The van der Waals surface area contributed by atoms with Crippen LogP contribution in [0.4, 0.5) is 26.4 Å². The molecule has 0 saturated carbocycles. The number of hydrogen-bond donors (Lipinski definition) is 2. The van der Waals surface area contributed by atoms with E-state index in [1.807, 2.05) is 25.3 Å². The van der Waals surface area contributed by atoms with Crippen LogP contribution in [0, 0.1) is 24.0 Å². The van der Waals surface area contributed by atoms with Crippen LogP contribution in [0.25, 0.3) is 22.3 Å². The van der Waals surface area contributed by atoms with E-state index in [-0.39, 0.29) is 46.0 Å². The Bertz CT molecular complexity index is 2270. The van der Waals surface area contributed by atoms with Crippen LogP contribution in [0.15, 0.2) is 77.2 Å². The highest BCUT2D eigenvalue weighted by Gasteiger charge is 2.45. The molecule has 2 aliphatic rings. The number of fused-ring (bicyclic) bond motifs is 2. The third-order valence-electron chi connectivity index (χ3n) is 10.0. The zero-order valence-corrected chi connectivity index (χ0v) is 29.8. The molecule has 1 atom stereocenters. The van der Waals surface area contributed by atoms with Crippen molar-refractivity contribution in [2.24, 2.45) is 11.1 Å². The van der Waals surface area contributed by atoms with Crippen LogP contribution in [0.5, 0.6) is 0 Å². The van der Waals surface area contributed by atoms with Crippen molar-refractivity contribution in [2.45, 2.75) is 62.0 Å². The number of halogens is 3. The minimum atomic E-state index is -0.700. The van der Waals surface area contributed by atoms with Gasteiger partial charge in [0.05, 0.1) is 29.1 Å². The molecule has 0 unspecified atom stereocenters. The zero-order valence-electron chi connectivity index (χ0n) is 28.2. The summed E-state index contributed by atoms with van der Waals surface area (Å²) in [6.45, 7) is 7.51. The number of anilines is 3. The number of nitrogens with one attached hydrogen (secondary N) is 1. The number of nitrogens with zero attached hydrogens (tertiary/aromatic N) is 8. The fourth-order valence-electron chi connectivity index (χ4n) is 7.51. The van der Waals surface area contributed by atoms with E-state index in [0.29, 0.717) is 26.3 Å². The molecule has 6 aromatic rings. The molecule has 3 N–H and O–H groups in total. The molecule has 1 spiro atoms. The smallest absolute Gasteiger partial charge is 0.229 e. The second-order valence-corrected chi connectivity index (χ2v) is 14.9. The molecular weight excluding hydrogens is 690 g/mol. The van der Waals surface area contributed by atoms with Gasteiger partial charge in [-0.15, -0.1) is 0 Å². The van der Waals surface area contributed by atoms with Crippen LogP contribution in [-0.4, -0.2) is 47.6 Å². The minimum Gasteiger partial charge on any atom is -0.355 e. The van der Waals surface area contributed by atoms with Crippen molar-refractivity contribution in [3.05, 3.63) is 101 Å². The number of aryl methyl sites for hydroxylation is 1. The van der Waals surface area contributed by atoms with Gasteiger partial charge in [0.15, 0.2) is 17.5 Å². The van der Waals surface area contributed by atoms with Crippen molar-refractivity contribution in [1.29, 1.82) is 0 Å². The van der Waals surface area contributed by atoms with E-state index in [2.05, 4.69) is 59.4 Å². The maximum atomic E-state index is 15.2. The fourth-order valence-corrected chi connectivity index (χ4v) is 8.54. The van der Waals surface area contributed by atoms with Crippen LogP contribution in [0.3, 0.4) is 0 Å². The van der Waals surface area contributed by atoms with Gasteiger partial charge in [-0.1, -0.05) is 47.6 Å². The highest BCUT2D eigenvalue weighted by atomic mass is 35.5. The molecule has 1 aliphatic carbocycles. The van der Waals surface area contributed by atoms with Crippen molar-refractivity contribution in [3.8, 4) is 11.3 Å². The van der Waals surface area contributed by atoms with Crippen LogP contribution in [-0.2, 0) is 6.42 Å². The summed E-state index contributed by atoms with van der Waals surface area (Å²) in [4.78, 5) is 29.6. The van der Waals surface area contributed by atoms with E-state index < -0.39 is 11.6 Å². The molecule has 1 saturated heterocycles. The Morgan fingerprint density at radius 3 is 2.53 bits per heavy atom. The van der Waals surface area contributed by atoms with Crippen LogP contribution in [0.1, 0.15) is 55.7 Å². The van der Waals surface area contributed by atoms with Gasteiger partial charge in [-0.05, 0) is 74.8 Å².